The Hall–Kier alpha value is -1.14. The standard InChI is InChI=1S/C13H21N3O2S/c1-3-16-8-6-11(7-9-16)15-12-4-5-13(14-10-12)19(2,17)18/h4-5,10-11,15H,3,6-9H2,1-2H3. The molecule has 2 rings (SSSR count). The predicted octanol–water partition coefficient (Wildman–Crippen LogP) is 1.38. The fourth-order valence-corrected chi connectivity index (χ4v) is 2.87. The van der Waals surface area contributed by atoms with E-state index in [9.17, 15) is 8.42 Å². The van der Waals surface area contributed by atoms with Crippen LogP contribution in [-0.2, 0) is 9.84 Å². The topological polar surface area (TPSA) is 62.3 Å². The minimum atomic E-state index is -3.21. The zero-order valence-corrected chi connectivity index (χ0v) is 12.3. The van der Waals surface area contributed by atoms with Gasteiger partial charge in [0.05, 0.1) is 11.9 Å². The van der Waals surface area contributed by atoms with Gasteiger partial charge in [-0.1, -0.05) is 6.92 Å². The average Bonchev–Trinajstić information content (AvgIpc) is 2.39. The van der Waals surface area contributed by atoms with Crippen molar-refractivity contribution in [3.05, 3.63) is 18.3 Å². The lowest BCUT2D eigenvalue weighted by Crippen LogP contribution is -2.38. The number of likely N-dealkylation sites (tertiary alicyclic amines) is 1. The normalized spacial score (nSPS) is 18.4. The van der Waals surface area contributed by atoms with Gasteiger partial charge in [-0.2, -0.15) is 0 Å². The van der Waals surface area contributed by atoms with Gasteiger partial charge in [-0.15, -0.1) is 0 Å². The van der Waals surface area contributed by atoms with Crippen molar-refractivity contribution < 1.29 is 8.42 Å². The summed E-state index contributed by atoms with van der Waals surface area (Å²) in [5.74, 6) is 0. The number of anilines is 1. The van der Waals surface area contributed by atoms with Crippen LogP contribution in [0.15, 0.2) is 23.4 Å². The van der Waals surface area contributed by atoms with E-state index in [1.165, 1.54) is 6.26 Å². The van der Waals surface area contributed by atoms with Crippen LogP contribution in [0.4, 0.5) is 5.69 Å². The molecule has 0 aromatic carbocycles. The van der Waals surface area contributed by atoms with Crippen molar-refractivity contribution in [2.75, 3.05) is 31.2 Å². The molecule has 1 saturated heterocycles. The lowest BCUT2D eigenvalue weighted by Gasteiger charge is -2.31. The maximum absolute atomic E-state index is 11.3. The average molecular weight is 283 g/mol. The predicted molar refractivity (Wildman–Crippen MR) is 76.1 cm³/mol. The second-order valence-electron chi connectivity index (χ2n) is 5.01. The Balaban J connectivity index is 1.94. The van der Waals surface area contributed by atoms with Crippen LogP contribution in [0.1, 0.15) is 19.8 Å². The van der Waals surface area contributed by atoms with Crippen molar-refractivity contribution in [3.63, 3.8) is 0 Å². The highest BCUT2D eigenvalue weighted by Crippen LogP contribution is 2.17. The lowest BCUT2D eigenvalue weighted by molar-refractivity contribution is 0.229. The zero-order chi connectivity index (χ0) is 13.9. The van der Waals surface area contributed by atoms with E-state index in [0.29, 0.717) is 6.04 Å². The zero-order valence-electron chi connectivity index (χ0n) is 11.5. The number of nitrogens with zero attached hydrogens (tertiary/aromatic N) is 2. The molecular formula is C13H21N3O2S. The van der Waals surface area contributed by atoms with Gasteiger partial charge < -0.3 is 10.2 Å². The van der Waals surface area contributed by atoms with Crippen molar-refractivity contribution >= 4 is 15.5 Å². The summed E-state index contributed by atoms with van der Waals surface area (Å²) in [6.45, 7) is 5.52. The molecule has 0 bridgehead atoms. The van der Waals surface area contributed by atoms with E-state index in [-0.39, 0.29) is 5.03 Å². The number of pyridine rings is 1. The quantitative estimate of drug-likeness (QED) is 0.904. The highest BCUT2D eigenvalue weighted by molar-refractivity contribution is 7.90. The Morgan fingerprint density at radius 1 is 1.37 bits per heavy atom. The third-order valence-electron chi connectivity index (χ3n) is 3.52. The van der Waals surface area contributed by atoms with E-state index >= 15 is 0 Å². The second-order valence-corrected chi connectivity index (χ2v) is 6.97. The summed E-state index contributed by atoms with van der Waals surface area (Å²) in [6.07, 6.45) is 4.99. The molecule has 5 nitrogen and oxygen atoms in total. The number of aromatic nitrogens is 1. The highest BCUT2D eigenvalue weighted by Gasteiger charge is 2.18. The van der Waals surface area contributed by atoms with Gasteiger partial charge in [0.25, 0.3) is 0 Å². The lowest BCUT2D eigenvalue weighted by atomic mass is 10.0. The molecule has 1 aromatic rings. The van der Waals surface area contributed by atoms with Gasteiger partial charge in [0, 0.05) is 25.4 Å². The van der Waals surface area contributed by atoms with Crippen molar-refractivity contribution in [1.82, 2.24) is 9.88 Å². The van der Waals surface area contributed by atoms with Crippen molar-refractivity contribution in [2.45, 2.75) is 30.8 Å². The summed E-state index contributed by atoms with van der Waals surface area (Å²) in [5, 5.41) is 3.54. The van der Waals surface area contributed by atoms with Gasteiger partial charge in [0.2, 0.25) is 0 Å². The molecular weight excluding hydrogens is 262 g/mol. The minimum absolute atomic E-state index is 0.124. The molecule has 1 aliphatic heterocycles. The van der Waals surface area contributed by atoms with Crippen LogP contribution in [0.2, 0.25) is 0 Å². The number of sulfone groups is 1. The molecule has 1 fully saturated rings. The molecule has 2 heterocycles. The van der Waals surface area contributed by atoms with Crippen LogP contribution >= 0.6 is 0 Å². The molecule has 0 saturated carbocycles. The molecule has 0 radical (unpaired) electrons. The summed E-state index contributed by atoms with van der Waals surface area (Å²) in [5.41, 5.74) is 0.891. The van der Waals surface area contributed by atoms with Gasteiger partial charge in [-0.05, 0) is 31.5 Å². The SMILES string of the molecule is CCN1CCC(Nc2ccc(S(C)(=O)=O)nc2)CC1. The summed E-state index contributed by atoms with van der Waals surface area (Å²) in [4.78, 5) is 6.42. The first-order chi connectivity index (χ1) is 8.99. The summed E-state index contributed by atoms with van der Waals surface area (Å²) < 4.78 is 22.6. The van der Waals surface area contributed by atoms with Crippen LogP contribution in [0.3, 0.4) is 0 Å². The summed E-state index contributed by atoms with van der Waals surface area (Å²) in [7, 11) is -3.21. The monoisotopic (exact) mass is 283 g/mol. The fraction of sp³-hybridized carbons (Fsp3) is 0.615. The maximum atomic E-state index is 11.3. The van der Waals surface area contributed by atoms with Crippen LogP contribution in [0.5, 0.6) is 0 Å². The third kappa shape index (κ3) is 3.91. The Labute approximate surface area is 114 Å². The molecule has 0 aliphatic carbocycles. The molecule has 0 unspecified atom stereocenters. The molecule has 19 heavy (non-hydrogen) atoms. The minimum Gasteiger partial charge on any atom is -0.381 e. The first kappa shape index (κ1) is 14.3. The van der Waals surface area contributed by atoms with Crippen LogP contribution in [-0.4, -0.2) is 50.2 Å². The van der Waals surface area contributed by atoms with Crippen LogP contribution < -0.4 is 5.32 Å². The summed E-state index contributed by atoms with van der Waals surface area (Å²) >= 11 is 0. The van der Waals surface area contributed by atoms with E-state index in [2.05, 4.69) is 22.1 Å². The van der Waals surface area contributed by atoms with Crippen LogP contribution in [0, 0.1) is 0 Å². The van der Waals surface area contributed by atoms with Gasteiger partial charge in [0.15, 0.2) is 14.9 Å². The summed E-state index contributed by atoms with van der Waals surface area (Å²) in [6, 6.07) is 3.79. The number of hydrogen-bond donors (Lipinski definition) is 1. The van der Waals surface area contributed by atoms with E-state index < -0.39 is 9.84 Å². The molecule has 0 amide bonds. The number of nitrogens with one attached hydrogen (secondary N) is 1. The van der Waals surface area contributed by atoms with Crippen LogP contribution in [0.25, 0.3) is 0 Å². The largest absolute Gasteiger partial charge is 0.381 e. The molecule has 1 N–H and O–H groups in total. The first-order valence-electron chi connectivity index (χ1n) is 6.64. The molecule has 6 heteroatoms. The van der Waals surface area contributed by atoms with Gasteiger partial charge in [0.1, 0.15) is 0 Å². The molecule has 0 spiro atoms. The first-order valence-corrected chi connectivity index (χ1v) is 8.53. The van der Waals surface area contributed by atoms with E-state index in [4.69, 9.17) is 0 Å². The Morgan fingerprint density at radius 3 is 2.53 bits per heavy atom. The molecule has 0 atom stereocenters. The van der Waals surface area contributed by atoms with Gasteiger partial charge >= 0.3 is 0 Å². The number of rotatable bonds is 4. The Morgan fingerprint density at radius 2 is 2.05 bits per heavy atom. The van der Waals surface area contributed by atoms with Crippen molar-refractivity contribution in [3.8, 4) is 0 Å². The Bertz CT molecular complexity index is 505. The highest BCUT2D eigenvalue weighted by atomic mass is 32.2. The molecule has 1 aliphatic rings. The molecule has 106 valence electrons. The van der Waals surface area contributed by atoms with Crippen molar-refractivity contribution in [2.24, 2.45) is 0 Å². The second kappa shape index (κ2) is 5.88. The Kier molecular flexibility index (Phi) is 4.42. The third-order valence-corrected chi connectivity index (χ3v) is 4.52. The fourth-order valence-electron chi connectivity index (χ4n) is 2.31. The van der Waals surface area contributed by atoms with E-state index in [1.807, 2.05) is 0 Å². The molecule has 1 aromatic heterocycles. The van der Waals surface area contributed by atoms with E-state index in [0.717, 1.165) is 38.2 Å². The van der Waals surface area contributed by atoms with E-state index in [1.54, 1.807) is 18.3 Å². The van der Waals surface area contributed by atoms with Gasteiger partial charge in [-0.25, -0.2) is 13.4 Å². The number of hydrogen-bond acceptors (Lipinski definition) is 5. The maximum Gasteiger partial charge on any atom is 0.192 e. The van der Waals surface area contributed by atoms with Gasteiger partial charge in [-0.3, -0.25) is 0 Å². The van der Waals surface area contributed by atoms with Crippen molar-refractivity contribution in [1.29, 1.82) is 0 Å². The smallest absolute Gasteiger partial charge is 0.192 e. The number of piperidine rings is 1.